The number of methoxy groups -OCH3 is 1. The molecule has 0 amide bonds. The average molecular weight is 1080 g/mol. The van der Waals surface area contributed by atoms with Crippen molar-refractivity contribution in [2.24, 2.45) is 0 Å². The zero-order valence-corrected chi connectivity index (χ0v) is 44.9. The standard InChI is InChI=1S/C31H38BrO3P.C28H34BrO2P/c1-35-31(34)26-27(33)18-10-5-3-2-4-6-17-25-36(32,28-19-11-7-12-20-28,29-21-13-8-14-22-29)30-23-15-9-16-24-30;29-32(25-17-9-6-10-18-25,26-19-11-7-12-20-26,27-21-13-8-14-22-27)24-16-5-3-1-2-4-15-23-28(30)31/h7-9,11-16,19-24H,2-6,10,17-18,25-26H2,1H3;6-14,17-22H,1-5,15-16,23-24H2,(H,30,31). The number of halogens is 2. The second-order valence-electron chi connectivity index (χ2n) is 18.0. The van der Waals surface area contributed by atoms with Crippen LogP contribution in [0.2, 0.25) is 0 Å². The summed E-state index contributed by atoms with van der Waals surface area (Å²) in [4.78, 5) is 33.6. The van der Waals surface area contributed by atoms with E-state index in [-0.39, 0.29) is 12.2 Å². The molecular formula is C59H72Br2O5P2. The minimum atomic E-state index is -2.81. The molecule has 6 aromatic carbocycles. The molecule has 0 fully saturated rings. The first kappa shape index (κ1) is 54.7. The number of hydrogen-bond acceptors (Lipinski definition) is 4. The summed E-state index contributed by atoms with van der Waals surface area (Å²) in [6, 6.07) is 65.8. The van der Waals surface area contributed by atoms with E-state index in [1.165, 1.54) is 77.5 Å². The van der Waals surface area contributed by atoms with Crippen molar-refractivity contribution in [3.8, 4) is 0 Å². The van der Waals surface area contributed by atoms with E-state index in [9.17, 15) is 14.4 Å². The molecule has 0 aliphatic carbocycles. The molecule has 0 aliphatic heterocycles. The van der Waals surface area contributed by atoms with Crippen LogP contribution in [0.25, 0.3) is 0 Å². The van der Waals surface area contributed by atoms with Crippen LogP contribution in [0.5, 0.6) is 0 Å². The van der Waals surface area contributed by atoms with Crippen LogP contribution in [0.1, 0.15) is 109 Å². The molecule has 0 saturated carbocycles. The molecule has 1 N–H and O–H groups in total. The molecule has 0 bridgehead atoms. The Balaban J connectivity index is 0.000000256. The van der Waals surface area contributed by atoms with Gasteiger partial charge < -0.3 is 4.74 Å². The van der Waals surface area contributed by atoms with Gasteiger partial charge in [0.05, 0.1) is 7.11 Å². The van der Waals surface area contributed by atoms with Crippen molar-refractivity contribution in [2.75, 3.05) is 19.4 Å². The summed E-state index contributed by atoms with van der Waals surface area (Å²) in [6.45, 7) is 0. The third kappa shape index (κ3) is 14.4. The summed E-state index contributed by atoms with van der Waals surface area (Å²) in [5.74, 6) is -1.14. The predicted octanol–water partition coefficient (Wildman–Crippen LogP) is 14.1. The van der Waals surface area contributed by atoms with E-state index in [1.54, 1.807) is 0 Å². The molecule has 0 aliphatic rings. The van der Waals surface area contributed by atoms with E-state index < -0.39 is 22.6 Å². The maximum atomic E-state index is 11.8. The summed E-state index contributed by atoms with van der Waals surface area (Å²) < 4.78 is 4.56. The number of hydrogen-bond donors (Lipinski definition) is 1. The van der Waals surface area contributed by atoms with E-state index >= 15 is 0 Å². The van der Waals surface area contributed by atoms with E-state index in [0.717, 1.165) is 63.7 Å². The normalized spacial score (nSPS) is 12.6. The van der Waals surface area contributed by atoms with Crippen LogP contribution in [0.3, 0.4) is 0 Å². The van der Waals surface area contributed by atoms with Gasteiger partial charge in [0.2, 0.25) is 0 Å². The summed E-state index contributed by atoms with van der Waals surface area (Å²) in [5, 5.41) is 11.4. The van der Waals surface area contributed by atoms with Gasteiger partial charge in [0.25, 0.3) is 0 Å². The third-order valence-corrected chi connectivity index (χ3v) is 33.4. The van der Waals surface area contributed by atoms with Crippen LogP contribution < -0.4 is 31.8 Å². The molecule has 6 rings (SSSR count). The Labute approximate surface area is 423 Å². The molecule has 362 valence electrons. The molecule has 5 nitrogen and oxygen atoms in total. The van der Waals surface area contributed by atoms with Gasteiger partial charge in [-0.2, -0.15) is 0 Å². The number of carbonyl (C=O) groups is 3. The number of esters is 1. The summed E-state index contributed by atoms with van der Waals surface area (Å²) in [7, 11) is 1.32. The van der Waals surface area contributed by atoms with E-state index in [4.69, 9.17) is 5.11 Å². The SMILES string of the molecule is COC(=O)CC(=O)CCCCCCCCCP(Br)(c1ccccc1)(c1ccccc1)c1ccccc1.O=C(O)CCCCCCCCCP(Br)(c1ccccc1)(c1ccccc1)c1ccccc1. The van der Waals surface area contributed by atoms with Crippen molar-refractivity contribution >= 4 is 91.1 Å². The maximum absolute atomic E-state index is 11.8. The Morgan fingerprint density at radius 3 is 0.868 bits per heavy atom. The summed E-state index contributed by atoms with van der Waals surface area (Å²) in [5.41, 5.74) is 0. The Hall–Kier alpha value is -4.25. The number of Topliss-reactive ketones (excluding diaryl/α,β-unsaturated/α-hetero) is 1. The van der Waals surface area contributed by atoms with Gasteiger partial charge in [0.15, 0.2) is 0 Å². The van der Waals surface area contributed by atoms with Crippen LogP contribution in [0.15, 0.2) is 182 Å². The van der Waals surface area contributed by atoms with E-state index in [1.807, 2.05) is 0 Å². The van der Waals surface area contributed by atoms with Crippen molar-refractivity contribution in [1.29, 1.82) is 0 Å². The van der Waals surface area contributed by atoms with Gasteiger partial charge in [-0.1, -0.05) is 0 Å². The Bertz CT molecular complexity index is 2190. The number of carboxylic acid groups (broad SMARTS) is 1. The zero-order chi connectivity index (χ0) is 48.4. The van der Waals surface area contributed by atoms with Gasteiger partial charge in [-0.15, -0.1) is 0 Å². The molecule has 0 saturated heterocycles. The molecule has 9 heteroatoms. The van der Waals surface area contributed by atoms with Gasteiger partial charge in [-0.05, 0) is 0 Å². The van der Waals surface area contributed by atoms with Crippen molar-refractivity contribution in [3.63, 3.8) is 0 Å². The molecular weight excluding hydrogens is 1010 g/mol. The monoisotopic (exact) mass is 1080 g/mol. The summed E-state index contributed by atoms with van der Waals surface area (Å²) >= 11 is 9.03. The second kappa shape index (κ2) is 27.8. The van der Waals surface area contributed by atoms with Gasteiger partial charge >= 0.3 is 409 Å². The van der Waals surface area contributed by atoms with Crippen LogP contribution in [-0.4, -0.2) is 42.3 Å². The topological polar surface area (TPSA) is 80.7 Å². The number of carboxylic acids is 1. The molecule has 0 atom stereocenters. The molecule has 0 radical (unpaired) electrons. The van der Waals surface area contributed by atoms with Crippen molar-refractivity contribution in [3.05, 3.63) is 182 Å². The van der Waals surface area contributed by atoms with Crippen molar-refractivity contribution in [2.45, 2.75) is 109 Å². The van der Waals surface area contributed by atoms with Crippen molar-refractivity contribution < 1.29 is 24.2 Å². The van der Waals surface area contributed by atoms with E-state index in [0.29, 0.717) is 12.8 Å². The molecule has 0 heterocycles. The molecule has 68 heavy (non-hydrogen) atoms. The third-order valence-electron chi connectivity index (χ3n) is 13.3. The number of ketones is 1. The van der Waals surface area contributed by atoms with Crippen LogP contribution in [0.4, 0.5) is 0 Å². The van der Waals surface area contributed by atoms with Gasteiger partial charge in [-0.3, -0.25) is 4.79 Å². The van der Waals surface area contributed by atoms with Gasteiger partial charge in [-0.25, -0.2) is 0 Å². The number of carbonyl (C=O) groups excluding carboxylic acids is 2. The van der Waals surface area contributed by atoms with Crippen LogP contribution in [-0.2, 0) is 19.1 Å². The first-order valence-corrected chi connectivity index (χ1v) is 33.5. The molecule has 0 spiro atoms. The number of unbranched alkanes of at least 4 members (excludes halogenated alkanes) is 12. The quantitative estimate of drug-likeness (QED) is 0.0229. The number of benzene rings is 6. The predicted molar refractivity (Wildman–Crippen MR) is 301 cm³/mol. The number of aliphatic carboxylic acids is 1. The molecule has 0 aromatic heterocycles. The fraction of sp³-hybridized carbons (Fsp3) is 0.339. The Morgan fingerprint density at radius 1 is 0.382 bits per heavy atom. The number of rotatable bonds is 28. The first-order chi connectivity index (χ1) is 33.0. The van der Waals surface area contributed by atoms with Gasteiger partial charge in [0, 0.05) is 0 Å². The molecule has 6 aromatic rings. The first-order valence-electron chi connectivity index (χ1n) is 24.6. The van der Waals surface area contributed by atoms with Gasteiger partial charge in [0.1, 0.15) is 0 Å². The Kier molecular flexibility index (Phi) is 22.4. The Morgan fingerprint density at radius 2 is 0.618 bits per heavy atom. The minimum absolute atomic E-state index is 0.0202. The fourth-order valence-corrected chi connectivity index (χ4v) is 25.1. The average Bonchev–Trinajstić information content (AvgIpc) is 3.39. The van der Waals surface area contributed by atoms with Crippen molar-refractivity contribution in [1.82, 2.24) is 0 Å². The van der Waals surface area contributed by atoms with E-state index in [2.05, 4.69) is 218 Å². The summed E-state index contributed by atoms with van der Waals surface area (Å²) in [6.07, 6.45) is 18.2. The zero-order valence-electron chi connectivity index (χ0n) is 40.0. The fourth-order valence-electron chi connectivity index (χ4n) is 9.61. The second-order valence-corrected chi connectivity index (χ2v) is 36.1. The number of ether oxygens (including phenoxy) is 1. The van der Waals surface area contributed by atoms with Crippen LogP contribution in [0, 0.1) is 0 Å². The molecule has 0 unspecified atom stereocenters. The van der Waals surface area contributed by atoms with Crippen LogP contribution >= 0.6 is 41.6 Å².